The first-order chi connectivity index (χ1) is 9.63. The number of carboxylic acids is 1. The van der Waals surface area contributed by atoms with Crippen LogP contribution in [-0.2, 0) is 4.79 Å². The summed E-state index contributed by atoms with van der Waals surface area (Å²) in [6.07, 6.45) is 1.95. The first-order valence-electron chi connectivity index (χ1n) is 6.71. The van der Waals surface area contributed by atoms with Gasteiger partial charge in [-0.3, -0.25) is 14.8 Å². The van der Waals surface area contributed by atoms with Crippen LogP contribution in [0.1, 0.15) is 24.5 Å². The van der Waals surface area contributed by atoms with Crippen molar-refractivity contribution in [3.8, 4) is 0 Å². The topological polar surface area (TPSA) is 69.2 Å². The highest BCUT2D eigenvalue weighted by molar-refractivity contribution is 9.10. The minimum atomic E-state index is -0.750. The minimum Gasteiger partial charge on any atom is -0.480 e. The number of piperidine rings is 1. The molecule has 1 aromatic heterocycles. The number of aromatic amines is 1. The number of fused-ring (bicyclic) bond motifs is 1. The van der Waals surface area contributed by atoms with E-state index in [-0.39, 0.29) is 6.54 Å². The average molecular weight is 338 g/mol. The van der Waals surface area contributed by atoms with Gasteiger partial charge >= 0.3 is 5.97 Å². The molecule has 2 heterocycles. The Hall–Kier alpha value is -1.40. The van der Waals surface area contributed by atoms with Gasteiger partial charge in [-0.2, -0.15) is 5.10 Å². The fraction of sp³-hybridized carbons (Fsp3) is 0.429. The summed E-state index contributed by atoms with van der Waals surface area (Å²) in [5.41, 5.74) is 2.16. The second-order valence-corrected chi connectivity index (χ2v) is 6.16. The van der Waals surface area contributed by atoms with Gasteiger partial charge in [-0.25, -0.2) is 0 Å². The SMILES string of the molecule is O=C(O)CN1CCC(c2[nH]nc3cc(Br)ccc23)CC1. The van der Waals surface area contributed by atoms with E-state index in [1.165, 1.54) is 11.1 Å². The number of H-pyrrole nitrogens is 1. The van der Waals surface area contributed by atoms with Crippen molar-refractivity contribution in [1.82, 2.24) is 15.1 Å². The number of carbonyl (C=O) groups is 1. The summed E-state index contributed by atoms with van der Waals surface area (Å²) in [6.45, 7) is 1.80. The second-order valence-electron chi connectivity index (χ2n) is 5.24. The van der Waals surface area contributed by atoms with Crippen LogP contribution in [0.4, 0.5) is 0 Å². The molecule has 2 N–H and O–H groups in total. The van der Waals surface area contributed by atoms with Crippen LogP contribution in [0.5, 0.6) is 0 Å². The molecule has 0 amide bonds. The molecule has 0 unspecified atom stereocenters. The Morgan fingerprint density at radius 2 is 2.20 bits per heavy atom. The van der Waals surface area contributed by atoms with Crippen LogP contribution >= 0.6 is 15.9 Å². The molecule has 1 aliphatic rings. The smallest absolute Gasteiger partial charge is 0.317 e. The molecule has 20 heavy (non-hydrogen) atoms. The van der Waals surface area contributed by atoms with Crippen LogP contribution in [0.3, 0.4) is 0 Å². The predicted molar refractivity (Wildman–Crippen MR) is 79.8 cm³/mol. The highest BCUT2D eigenvalue weighted by Gasteiger charge is 2.24. The zero-order valence-electron chi connectivity index (χ0n) is 11.0. The lowest BCUT2D eigenvalue weighted by molar-refractivity contribution is -0.138. The molecule has 0 bridgehead atoms. The predicted octanol–water partition coefficient (Wildman–Crippen LogP) is 2.59. The van der Waals surface area contributed by atoms with Gasteiger partial charge in [-0.1, -0.05) is 15.9 Å². The van der Waals surface area contributed by atoms with Crippen molar-refractivity contribution in [1.29, 1.82) is 0 Å². The van der Waals surface area contributed by atoms with E-state index in [9.17, 15) is 4.79 Å². The van der Waals surface area contributed by atoms with Crippen LogP contribution in [0.15, 0.2) is 22.7 Å². The van der Waals surface area contributed by atoms with E-state index in [1.807, 2.05) is 17.0 Å². The molecular formula is C14H16BrN3O2. The third-order valence-electron chi connectivity index (χ3n) is 3.90. The zero-order valence-corrected chi connectivity index (χ0v) is 12.6. The maximum absolute atomic E-state index is 10.7. The Bertz CT molecular complexity index is 632. The summed E-state index contributed by atoms with van der Waals surface area (Å²) in [4.78, 5) is 12.7. The van der Waals surface area contributed by atoms with E-state index in [4.69, 9.17) is 5.11 Å². The van der Waals surface area contributed by atoms with Gasteiger partial charge in [0.25, 0.3) is 0 Å². The van der Waals surface area contributed by atoms with Crippen LogP contribution in [0.25, 0.3) is 10.9 Å². The van der Waals surface area contributed by atoms with Gasteiger partial charge in [0.05, 0.1) is 12.1 Å². The Labute approximate surface area is 125 Å². The van der Waals surface area contributed by atoms with E-state index in [1.54, 1.807) is 0 Å². The molecule has 1 saturated heterocycles. The van der Waals surface area contributed by atoms with Gasteiger partial charge < -0.3 is 5.11 Å². The van der Waals surface area contributed by atoms with Gasteiger partial charge in [-0.05, 0) is 44.1 Å². The maximum atomic E-state index is 10.7. The first kappa shape index (κ1) is 13.6. The number of carboxylic acid groups (broad SMARTS) is 1. The van der Waals surface area contributed by atoms with Gasteiger partial charge in [-0.15, -0.1) is 0 Å². The summed E-state index contributed by atoms with van der Waals surface area (Å²) in [5.74, 6) is -0.313. The normalized spacial score (nSPS) is 17.6. The molecule has 3 rings (SSSR count). The van der Waals surface area contributed by atoms with Crippen molar-refractivity contribution in [2.75, 3.05) is 19.6 Å². The Morgan fingerprint density at radius 1 is 1.45 bits per heavy atom. The number of hydrogen-bond acceptors (Lipinski definition) is 3. The molecule has 0 atom stereocenters. The monoisotopic (exact) mass is 337 g/mol. The number of nitrogens with zero attached hydrogens (tertiary/aromatic N) is 2. The van der Waals surface area contributed by atoms with Gasteiger partial charge in [0.15, 0.2) is 0 Å². The Morgan fingerprint density at radius 3 is 2.90 bits per heavy atom. The van der Waals surface area contributed by atoms with Crippen molar-refractivity contribution >= 4 is 32.8 Å². The molecule has 0 spiro atoms. The number of nitrogens with one attached hydrogen (secondary N) is 1. The fourth-order valence-electron chi connectivity index (χ4n) is 2.89. The molecule has 5 nitrogen and oxygen atoms in total. The maximum Gasteiger partial charge on any atom is 0.317 e. The fourth-order valence-corrected chi connectivity index (χ4v) is 3.24. The molecular weight excluding hydrogens is 322 g/mol. The molecule has 1 fully saturated rings. The molecule has 6 heteroatoms. The molecule has 1 aromatic carbocycles. The van der Waals surface area contributed by atoms with Crippen molar-refractivity contribution in [2.45, 2.75) is 18.8 Å². The van der Waals surface area contributed by atoms with Gasteiger partial charge in [0.1, 0.15) is 0 Å². The summed E-state index contributed by atoms with van der Waals surface area (Å²) in [7, 11) is 0. The van der Waals surface area contributed by atoms with Crippen molar-refractivity contribution < 1.29 is 9.90 Å². The zero-order chi connectivity index (χ0) is 14.1. The largest absolute Gasteiger partial charge is 0.480 e. The molecule has 0 radical (unpaired) electrons. The average Bonchev–Trinajstić information content (AvgIpc) is 2.82. The number of aliphatic carboxylic acids is 1. The van der Waals surface area contributed by atoms with Crippen LogP contribution in [-0.4, -0.2) is 45.8 Å². The van der Waals surface area contributed by atoms with E-state index in [2.05, 4.69) is 32.2 Å². The third-order valence-corrected chi connectivity index (χ3v) is 4.39. The number of likely N-dealkylation sites (tertiary alicyclic amines) is 1. The Kier molecular flexibility index (Phi) is 3.76. The van der Waals surface area contributed by atoms with E-state index < -0.39 is 5.97 Å². The highest BCUT2D eigenvalue weighted by Crippen LogP contribution is 2.32. The number of aromatic nitrogens is 2. The molecule has 106 valence electrons. The second kappa shape index (κ2) is 5.54. The number of hydrogen-bond donors (Lipinski definition) is 2. The van der Waals surface area contributed by atoms with Crippen LogP contribution in [0, 0.1) is 0 Å². The first-order valence-corrected chi connectivity index (χ1v) is 7.50. The molecule has 0 aliphatic carbocycles. The lowest BCUT2D eigenvalue weighted by Gasteiger charge is -2.30. The lowest BCUT2D eigenvalue weighted by atomic mass is 9.91. The molecule has 2 aromatic rings. The number of rotatable bonds is 3. The van der Waals surface area contributed by atoms with Gasteiger partial charge in [0.2, 0.25) is 0 Å². The molecule has 0 saturated carbocycles. The van der Waals surface area contributed by atoms with Crippen molar-refractivity contribution in [2.24, 2.45) is 0 Å². The van der Waals surface area contributed by atoms with Crippen molar-refractivity contribution in [3.05, 3.63) is 28.4 Å². The summed E-state index contributed by atoms with van der Waals surface area (Å²) in [5, 5.41) is 17.5. The highest BCUT2D eigenvalue weighted by atomic mass is 79.9. The standard InChI is InChI=1S/C14H16BrN3O2/c15-10-1-2-11-12(7-10)16-17-14(11)9-3-5-18(6-4-9)8-13(19)20/h1-2,7,9H,3-6,8H2,(H,16,17)(H,19,20). The van der Waals surface area contributed by atoms with E-state index in [0.29, 0.717) is 5.92 Å². The molecule has 1 aliphatic heterocycles. The minimum absolute atomic E-state index is 0.142. The quantitative estimate of drug-likeness (QED) is 0.903. The van der Waals surface area contributed by atoms with Gasteiger partial charge in [0, 0.05) is 21.5 Å². The van der Waals surface area contributed by atoms with E-state index >= 15 is 0 Å². The summed E-state index contributed by atoms with van der Waals surface area (Å²) < 4.78 is 1.03. The van der Waals surface area contributed by atoms with Crippen LogP contribution < -0.4 is 0 Å². The van der Waals surface area contributed by atoms with Crippen LogP contribution in [0.2, 0.25) is 0 Å². The number of halogens is 1. The van der Waals surface area contributed by atoms with Crippen molar-refractivity contribution in [3.63, 3.8) is 0 Å². The van der Waals surface area contributed by atoms with E-state index in [0.717, 1.165) is 35.9 Å². The third kappa shape index (κ3) is 2.71. The Balaban J connectivity index is 1.75. The summed E-state index contributed by atoms with van der Waals surface area (Å²) in [6, 6.07) is 6.12. The lowest BCUT2D eigenvalue weighted by Crippen LogP contribution is -2.36. The summed E-state index contributed by atoms with van der Waals surface area (Å²) >= 11 is 3.45. The number of benzene rings is 1.